The molecule has 0 fully saturated rings. The van der Waals surface area contributed by atoms with Gasteiger partial charge in [-0.3, -0.25) is 0 Å². The van der Waals surface area contributed by atoms with Crippen molar-refractivity contribution < 1.29 is 4.74 Å². The van der Waals surface area contributed by atoms with Crippen molar-refractivity contribution in [2.24, 2.45) is 7.05 Å². The largest absolute Gasteiger partial charge is 0.472 e. The van der Waals surface area contributed by atoms with Crippen LogP contribution < -0.4 is 10.1 Å². The zero-order valence-corrected chi connectivity index (χ0v) is 16.4. The second-order valence-electron chi connectivity index (χ2n) is 5.88. The van der Waals surface area contributed by atoms with Crippen LogP contribution >= 0.6 is 23.4 Å². The molecule has 26 heavy (non-hydrogen) atoms. The Morgan fingerprint density at radius 3 is 2.88 bits per heavy atom. The van der Waals surface area contributed by atoms with Crippen LogP contribution in [0.25, 0.3) is 10.9 Å². The summed E-state index contributed by atoms with van der Waals surface area (Å²) < 4.78 is 7.77. The normalized spacial score (nSPS) is 11.0. The number of ether oxygens (including phenoxy) is 1. The molecule has 1 aromatic carbocycles. The highest BCUT2D eigenvalue weighted by Crippen LogP contribution is 2.26. The van der Waals surface area contributed by atoms with Gasteiger partial charge in [0.25, 0.3) is 0 Å². The van der Waals surface area contributed by atoms with Crippen LogP contribution in [0.4, 0.5) is 0 Å². The summed E-state index contributed by atoms with van der Waals surface area (Å²) in [5.41, 5.74) is 1.88. The number of nitrogens with zero attached hydrogens (tertiary/aromatic N) is 3. The van der Waals surface area contributed by atoms with Gasteiger partial charge in [0.1, 0.15) is 12.4 Å². The highest BCUT2D eigenvalue weighted by atomic mass is 35.5. The zero-order chi connectivity index (χ0) is 18.5. The number of aromatic nitrogens is 3. The van der Waals surface area contributed by atoms with Gasteiger partial charge in [0.2, 0.25) is 5.88 Å². The lowest BCUT2D eigenvalue weighted by Gasteiger charge is -2.13. The molecule has 0 bridgehead atoms. The standard InChI is InChI=1S/C19H21ClN4OS/c1-13(20)12-25-19-15(10-21-11-18-22-6-7-24(18)2)8-14-4-5-16(26-3)9-17(14)23-19/h4-9,21H,1,10-12H2,2-3H3. The van der Waals surface area contributed by atoms with Gasteiger partial charge in [0.05, 0.1) is 12.1 Å². The second kappa shape index (κ2) is 8.58. The van der Waals surface area contributed by atoms with E-state index < -0.39 is 0 Å². The number of fused-ring (bicyclic) bond motifs is 1. The molecule has 1 N–H and O–H groups in total. The third kappa shape index (κ3) is 4.58. The molecule has 0 amide bonds. The van der Waals surface area contributed by atoms with Crippen LogP contribution in [-0.2, 0) is 20.1 Å². The van der Waals surface area contributed by atoms with Crippen molar-refractivity contribution in [1.82, 2.24) is 19.9 Å². The van der Waals surface area contributed by atoms with Crippen molar-refractivity contribution in [2.45, 2.75) is 18.0 Å². The molecular weight excluding hydrogens is 368 g/mol. The number of imidazole rings is 1. The zero-order valence-electron chi connectivity index (χ0n) is 14.8. The summed E-state index contributed by atoms with van der Waals surface area (Å²) in [6.45, 7) is 5.19. The Balaban J connectivity index is 1.83. The van der Waals surface area contributed by atoms with Crippen molar-refractivity contribution in [3.63, 3.8) is 0 Å². The Kier molecular flexibility index (Phi) is 6.19. The summed E-state index contributed by atoms with van der Waals surface area (Å²) in [7, 11) is 1.98. The molecule has 0 saturated heterocycles. The minimum Gasteiger partial charge on any atom is -0.472 e. The topological polar surface area (TPSA) is 52.0 Å². The molecule has 0 unspecified atom stereocenters. The van der Waals surface area contributed by atoms with Crippen LogP contribution in [0.15, 0.2) is 53.2 Å². The van der Waals surface area contributed by atoms with Crippen molar-refractivity contribution in [2.75, 3.05) is 12.9 Å². The lowest BCUT2D eigenvalue weighted by Crippen LogP contribution is -2.17. The minimum absolute atomic E-state index is 0.231. The minimum atomic E-state index is 0.231. The Bertz CT molecular complexity index is 925. The Morgan fingerprint density at radius 1 is 1.35 bits per heavy atom. The van der Waals surface area contributed by atoms with E-state index in [0.717, 1.165) is 22.3 Å². The molecule has 3 aromatic rings. The number of pyridine rings is 1. The number of halogens is 1. The number of hydrogen-bond acceptors (Lipinski definition) is 5. The van der Waals surface area contributed by atoms with Gasteiger partial charge in [-0.15, -0.1) is 11.8 Å². The first-order valence-electron chi connectivity index (χ1n) is 8.17. The molecule has 0 spiro atoms. The van der Waals surface area contributed by atoms with Gasteiger partial charge in [0, 0.05) is 46.9 Å². The average Bonchev–Trinajstić information content (AvgIpc) is 3.04. The predicted octanol–water partition coefficient (Wildman–Crippen LogP) is 4.11. The van der Waals surface area contributed by atoms with Crippen LogP contribution in [0, 0.1) is 0 Å². The van der Waals surface area contributed by atoms with Crippen molar-refractivity contribution in [1.29, 1.82) is 0 Å². The molecular formula is C19H21ClN4OS. The van der Waals surface area contributed by atoms with Crippen LogP contribution in [0.5, 0.6) is 5.88 Å². The highest BCUT2D eigenvalue weighted by molar-refractivity contribution is 7.98. The Hall–Kier alpha value is -2.02. The van der Waals surface area contributed by atoms with E-state index in [0.29, 0.717) is 24.0 Å². The molecule has 7 heteroatoms. The number of thioether (sulfide) groups is 1. The fraction of sp³-hybridized carbons (Fsp3) is 0.263. The highest BCUT2D eigenvalue weighted by Gasteiger charge is 2.10. The predicted molar refractivity (Wildman–Crippen MR) is 108 cm³/mol. The van der Waals surface area contributed by atoms with E-state index in [9.17, 15) is 0 Å². The molecule has 0 saturated carbocycles. The number of hydrogen-bond donors (Lipinski definition) is 1. The summed E-state index contributed by atoms with van der Waals surface area (Å²) in [6.07, 6.45) is 5.77. The van der Waals surface area contributed by atoms with Crippen LogP contribution in [0.3, 0.4) is 0 Å². The summed E-state index contributed by atoms with van der Waals surface area (Å²) in [5, 5.41) is 4.92. The van der Waals surface area contributed by atoms with Crippen molar-refractivity contribution in [3.8, 4) is 5.88 Å². The van der Waals surface area contributed by atoms with Gasteiger partial charge in [-0.1, -0.05) is 24.2 Å². The lowest BCUT2D eigenvalue weighted by molar-refractivity contribution is 0.341. The van der Waals surface area contributed by atoms with Gasteiger partial charge < -0.3 is 14.6 Å². The maximum Gasteiger partial charge on any atom is 0.218 e. The monoisotopic (exact) mass is 388 g/mol. The van der Waals surface area contributed by atoms with Crippen LogP contribution in [-0.4, -0.2) is 27.4 Å². The molecule has 5 nitrogen and oxygen atoms in total. The first-order valence-corrected chi connectivity index (χ1v) is 9.77. The first kappa shape index (κ1) is 18.8. The molecule has 2 aromatic heterocycles. The summed E-state index contributed by atoms with van der Waals surface area (Å²) in [5.74, 6) is 1.55. The number of rotatable bonds is 8. The molecule has 0 aliphatic rings. The molecule has 0 atom stereocenters. The van der Waals surface area contributed by atoms with Crippen molar-refractivity contribution >= 4 is 34.3 Å². The summed E-state index contributed by atoms with van der Waals surface area (Å²) >= 11 is 7.55. The SMILES string of the molecule is C=C(Cl)COc1nc2cc(SC)ccc2cc1CNCc1nccn1C. The van der Waals surface area contributed by atoms with E-state index in [-0.39, 0.29) is 6.61 Å². The number of nitrogens with one attached hydrogen (secondary N) is 1. The molecule has 2 heterocycles. The van der Waals surface area contributed by atoms with E-state index in [1.54, 1.807) is 18.0 Å². The summed E-state index contributed by atoms with van der Waals surface area (Å²) in [6, 6.07) is 8.35. The molecule has 0 radical (unpaired) electrons. The number of aryl methyl sites for hydroxylation is 1. The fourth-order valence-corrected chi connectivity index (χ4v) is 3.06. The quantitative estimate of drug-likeness (QED) is 0.588. The smallest absolute Gasteiger partial charge is 0.218 e. The van der Waals surface area contributed by atoms with Gasteiger partial charge >= 0.3 is 0 Å². The van der Waals surface area contributed by atoms with Gasteiger partial charge in [0.15, 0.2) is 0 Å². The summed E-state index contributed by atoms with van der Waals surface area (Å²) in [4.78, 5) is 10.2. The maximum absolute atomic E-state index is 5.86. The molecule has 0 aliphatic heterocycles. The second-order valence-corrected chi connectivity index (χ2v) is 7.29. The Morgan fingerprint density at radius 2 is 2.19 bits per heavy atom. The van der Waals surface area contributed by atoms with E-state index in [1.807, 2.05) is 24.1 Å². The molecule has 0 aliphatic carbocycles. The third-order valence-electron chi connectivity index (χ3n) is 3.95. The maximum atomic E-state index is 5.86. The van der Waals surface area contributed by atoms with Crippen LogP contribution in [0.1, 0.15) is 11.4 Å². The van der Waals surface area contributed by atoms with E-state index in [2.05, 4.69) is 41.1 Å². The van der Waals surface area contributed by atoms with Gasteiger partial charge in [-0.2, -0.15) is 0 Å². The van der Waals surface area contributed by atoms with Crippen LogP contribution in [0.2, 0.25) is 0 Å². The van der Waals surface area contributed by atoms with E-state index in [4.69, 9.17) is 21.3 Å². The number of benzene rings is 1. The molecule has 3 rings (SSSR count). The van der Waals surface area contributed by atoms with E-state index >= 15 is 0 Å². The first-order chi connectivity index (χ1) is 12.6. The van der Waals surface area contributed by atoms with Gasteiger partial charge in [-0.25, -0.2) is 9.97 Å². The average molecular weight is 389 g/mol. The lowest BCUT2D eigenvalue weighted by atomic mass is 10.1. The molecule has 136 valence electrons. The fourth-order valence-electron chi connectivity index (χ4n) is 2.57. The Labute approximate surface area is 162 Å². The third-order valence-corrected chi connectivity index (χ3v) is 4.78. The van der Waals surface area contributed by atoms with E-state index in [1.165, 1.54) is 4.90 Å². The van der Waals surface area contributed by atoms with Crippen molar-refractivity contribution in [3.05, 3.63) is 59.7 Å². The van der Waals surface area contributed by atoms with Gasteiger partial charge in [-0.05, 0) is 24.5 Å².